The summed E-state index contributed by atoms with van der Waals surface area (Å²) < 4.78 is 0. The zero-order valence-corrected chi connectivity index (χ0v) is 15.1. The van der Waals surface area contributed by atoms with E-state index in [1.807, 2.05) is 37.3 Å². The minimum atomic E-state index is 0.750. The molecule has 0 atom stereocenters. The van der Waals surface area contributed by atoms with Crippen LogP contribution in [0.3, 0.4) is 0 Å². The van der Waals surface area contributed by atoms with E-state index in [4.69, 9.17) is 23.8 Å². The lowest BCUT2D eigenvalue weighted by atomic mass is 10.2. The molecule has 2 rings (SSSR count). The monoisotopic (exact) mass is 353 g/mol. The topological polar surface area (TPSA) is 12.0 Å². The van der Waals surface area contributed by atoms with Crippen LogP contribution in [0.1, 0.15) is 17.4 Å². The third-order valence-electron chi connectivity index (χ3n) is 2.86. The summed E-state index contributed by atoms with van der Waals surface area (Å²) in [6, 6.07) is 7.96. The summed E-state index contributed by atoms with van der Waals surface area (Å²) in [6.07, 6.45) is 4.15. The van der Waals surface area contributed by atoms with Crippen LogP contribution in [0.15, 0.2) is 46.7 Å². The Balaban J connectivity index is 2.12. The minimum Gasteiger partial charge on any atom is -0.346 e. The number of thiophene rings is 1. The van der Waals surface area contributed by atoms with Gasteiger partial charge in [-0.2, -0.15) is 0 Å². The molecule has 0 radical (unpaired) electrons. The first-order valence-electron chi connectivity index (χ1n) is 6.50. The van der Waals surface area contributed by atoms with E-state index in [-0.39, 0.29) is 0 Å². The Morgan fingerprint density at radius 3 is 2.90 bits per heavy atom. The predicted octanol–water partition coefficient (Wildman–Crippen LogP) is 6.17. The Morgan fingerprint density at radius 1 is 1.43 bits per heavy atom. The van der Waals surface area contributed by atoms with Crippen molar-refractivity contribution in [2.24, 2.45) is 0 Å². The standard InChI is InChI=1S/C16H16ClNS3/c1-3-4-8-21-15-10-12(5-6-14(15)17)18-16(19)13-7-9-20-11(13)2/h3-7,9-10H,8H2,1-2H3,(H,18,19). The summed E-state index contributed by atoms with van der Waals surface area (Å²) in [5.74, 6) is 0.910. The maximum atomic E-state index is 6.23. The smallest absolute Gasteiger partial charge is 0.112 e. The summed E-state index contributed by atoms with van der Waals surface area (Å²) in [7, 11) is 0. The van der Waals surface area contributed by atoms with E-state index in [0.29, 0.717) is 0 Å². The molecule has 0 unspecified atom stereocenters. The number of benzene rings is 1. The first-order valence-corrected chi connectivity index (χ1v) is 9.16. The van der Waals surface area contributed by atoms with E-state index < -0.39 is 0 Å². The zero-order chi connectivity index (χ0) is 15.2. The Hall–Kier alpha value is -0.810. The van der Waals surface area contributed by atoms with Crippen LogP contribution in [0.2, 0.25) is 5.02 Å². The van der Waals surface area contributed by atoms with Crippen LogP contribution >= 0.6 is 46.9 Å². The molecule has 110 valence electrons. The van der Waals surface area contributed by atoms with Gasteiger partial charge in [-0.25, -0.2) is 0 Å². The molecule has 21 heavy (non-hydrogen) atoms. The highest BCUT2D eigenvalue weighted by Gasteiger charge is 2.08. The number of rotatable bonds is 5. The highest BCUT2D eigenvalue weighted by molar-refractivity contribution is 7.99. The molecule has 0 spiro atoms. The molecule has 0 amide bonds. The van der Waals surface area contributed by atoms with Crippen molar-refractivity contribution < 1.29 is 0 Å². The highest BCUT2D eigenvalue weighted by Crippen LogP contribution is 2.30. The molecule has 1 nitrogen and oxygen atoms in total. The van der Waals surface area contributed by atoms with Gasteiger partial charge in [-0.15, -0.1) is 23.1 Å². The van der Waals surface area contributed by atoms with E-state index in [1.165, 1.54) is 4.88 Å². The van der Waals surface area contributed by atoms with E-state index in [1.54, 1.807) is 23.1 Å². The number of nitrogens with one attached hydrogen (secondary N) is 1. The molecule has 1 aromatic heterocycles. The molecule has 1 aromatic carbocycles. The van der Waals surface area contributed by atoms with E-state index in [2.05, 4.69) is 23.7 Å². The minimum absolute atomic E-state index is 0.750. The van der Waals surface area contributed by atoms with Crippen LogP contribution in [0.25, 0.3) is 0 Å². The molecule has 0 aliphatic heterocycles. The van der Waals surface area contributed by atoms with Crippen LogP contribution in [0.5, 0.6) is 0 Å². The number of allylic oxidation sites excluding steroid dienone is 1. The summed E-state index contributed by atoms with van der Waals surface area (Å²) >= 11 is 15.1. The number of hydrogen-bond donors (Lipinski definition) is 1. The molecule has 0 fully saturated rings. The van der Waals surface area contributed by atoms with Crippen LogP contribution in [0, 0.1) is 6.92 Å². The Bertz CT molecular complexity index is 661. The van der Waals surface area contributed by atoms with Gasteiger partial charge in [0.25, 0.3) is 0 Å². The maximum Gasteiger partial charge on any atom is 0.112 e. The molecule has 0 saturated carbocycles. The van der Waals surface area contributed by atoms with Gasteiger partial charge in [0.05, 0.1) is 5.02 Å². The molecular weight excluding hydrogens is 338 g/mol. The fourth-order valence-corrected chi connectivity index (χ4v) is 4.02. The third kappa shape index (κ3) is 4.58. The van der Waals surface area contributed by atoms with Crippen molar-refractivity contribution >= 4 is 57.6 Å². The molecule has 0 aliphatic carbocycles. The maximum absolute atomic E-state index is 6.23. The first-order chi connectivity index (χ1) is 10.1. The summed E-state index contributed by atoms with van der Waals surface area (Å²) in [5, 5.41) is 6.12. The number of thiocarbonyl (C=S) groups is 1. The third-order valence-corrected chi connectivity index (χ3v) is 5.48. The van der Waals surface area contributed by atoms with Crippen LogP contribution in [-0.4, -0.2) is 10.7 Å². The second-order valence-corrected chi connectivity index (χ2v) is 7.37. The number of thioether (sulfide) groups is 1. The quantitative estimate of drug-likeness (QED) is 0.392. The fourth-order valence-electron chi connectivity index (χ4n) is 1.74. The Labute approximate surface area is 144 Å². The van der Waals surface area contributed by atoms with Gasteiger partial charge >= 0.3 is 0 Å². The number of aryl methyl sites for hydroxylation is 1. The van der Waals surface area contributed by atoms with Gasteiger partial charge in [0.2, 0.25) is 0 Å². The van der Waals surface area contributed by atoms with Gasteiger partial charge in [-0.3, -0.25) is 0 Å². The lowest BCUT2D eigenvalue weighted by Gasteiger charge is -2.10. The normalized spacial score (nSPS) is 11.0. The molecule has 1 heterocycles. The summed E-state index contributed by atoms with van der Waals surface area (Å²) in [6.45, 7) is 4.09. The largest absolute Gasteiger partial charge is 0.346 e. The van der Waals surface area contributed by atoms with Crippen molar-refractivity contribution in [2.75, 3.05) is 11.1 Å². The lowest BCUT2D eigenvalue weighted by molar-refractivity contribution is 1.44. The van der Waals surface area contributed by atoms with Crippen molar-refractivity contribution in [3.05, 3.63) is 57.3 Å². The average Bonchev–Trinajstić information content (AvgIpc) is 2.89. The van der Waals surface area contributed by atoms with E-state index in [9.17, 15) is 0 Å². The molecule has 0 bridgehead atoms. The highest BCUT2D eigenvalue weighted by atomic mass is 35.5. The van der Waals surface area contributed by atoms with Gasteiger partial charge in [-0.05, 0) is 43.5 Å². The molecule has 5 heteroatoms. The van der Waals surface area contributed by atoms with Gasteiger partial charge in [0.1, 0.15) is 4.99 Å². The average molecular weight is 354 g/mol. The van der Waals surface area contributed by atoms with Crippen molar-refractivity contribution in [2.45, 2.75) is 18.7 Å². The first kappa shape index (κ1) is 16.6. The predicted molar refractivity (Wildman–Crippen MR) is 101 cm³/mol. The summed E-state index contributed by atoms with van der Waals surface area (Å²) in [4.78, 5) is 3.04. The molecule has 2 aromatic rings. The van der Waals surface area contributed by atoms with Crippen molar-refractivity contribution in [1.82, 2.24) is 0 Å². The van der Waals surface area contributed by atoms with Crippen molar-refractivity contribution in [3.8, 4) is 0 Å². The van der Waals surface area contributed by atoms with Crippen molar-refractivity contribution in [1.29, 1.82) is 0 Å². The molecular formula is C16H16ClNS3. The van der Waals surface area contributed by atoms with Crippen LogP contribution < -0.4 is 5.32 Å². The van der Waals surface area contributed by atoms with Crippen LogP contribution in [-0.2, 0) is 0 Å². The Kier molecular flexibility index (Phi) is 6.30. The second kappa shape index (κ2) is 7.99. The SMILES string of the molecule is CC=CCSc1cc(NC(=S)c2ccsc2C)ccc1Cl. The van der Waals surface area contributed by atoms with Gasteiger partial charge in [-0.1, -0.05) is 36.0 Å². The van der Waals surface area contributed by atoms with E-state index in [0.717, 1.165) is 31.9 Å². The molecule has 1 N–H and O–H groups in total. The number of halogens is 1. The van der Waals surface area contributed by atoms with E-state index >= 15 is 0 Å². The molecule has 0 aliphatic rings. The Morgan fingerprint density at radius 2 is 2.24 bits per heavy atom. The van der Waals surface area contributed by atoms with Crippen molar-refractivity contribution in [3.63, 3.8) is 0 Å². The lowest BCUT2D eigenvalue weighted by Crippen LogP contribution is -2.10. The second-order valence-electron chi connectivity index (χ2n) is 4.37. The zero-order valence-electron chi connectivity index (χ0n) is 11.9. The van der Waals surface area contributed by atoms with Gasteiger partial charge in [0.15, 0.2) is 0 Å². The van der Waals surface area contributed by atoms with Gasteiger partial charge < -0.3 is 5.32 Å². The van der Waals surface area contributed by atoms with Crippen LogP contribution in [0.4, 0.5) is 5.69 Å². The molecule has 0 saturated heterocycles. The van der Waals surface area contributed by atoms with Gasteiger partial charge in [0, 0.05) is 26.8 Å². The number of anilines is 1. The fraction of sp³-hybridized carbons (Fsp3) is 0.188. The summed E-state index contributed by atoms with van der Waals surface area (Å²) in [5.41, 5.74) is 2.06. The number of hydrogen-bond acceptors (Lipinski definition) is 3.